The number of hydrogen-bond acceptors (Lipinski definition) is 5. The smallest absolute Gasteiger partial charge is 0.254 e. The van der Waals surface area contributed by atoms with Crippen molar-refractivity contribution in [3.8, 4) is 0 Å². The van der Waals surface area contributed by atoms with Crippen LogP contribution in [0.2, 0.25) is 0 Å². The van der Waals surface area contributed by atoms with Gasteiger partial charge >= 0.3 is 0 Å². The van der Waals surface area contributed by atoms with Gasteiger partial charge < -0.3 is 20.3 Å². The second-order valence-corrected chi connectivity index (χ2v) is 7.76. The first-order chi connectivity index (χ1) is 12.1. The summed E-state index contributed by atoms with van der Waals surface area (Å²) in [7, 11) is 1.63. The van der Waals surface area contributed by atoms with Gasteiger partial charge in [-0.05, 0) is 37.8 Å². The molecule has 2 fully saturated rings. The molecule has 1 aromatic rings. The number of carbonyl (C=O) groups is 1. The molecule has 7 heteroatoms. The van der Waals surface area contributed by atoms with Crippen LogP contribution in [0.3, 0.4) is 0 Å². The lowest BCUT2D eigenvalue weighted by Gasteiger charge is -2.37. The Kier molecular flexibility index (Phi) is 6.09. The Bertz CT molecular complexity index is 568. The van der Waals surface area contributed by atoms with Gasteiger partial charge in [0.2, 0.25) is 0 Å². The molecule has 3 N–H and O–H groups in total. The van der Waals surface area contributed by atoms with Gasteiger partial charge in [-0.2, -0.15) is 5.10 Å². The number of nitrogens with zero attached hydrogens (tertiary/aromatic N) is 2. The number of piperidine rings is 1. The average Bonchev–Trinajstić information content (AvgIpc) is 3.24. The maximum absolute atomic E-state index is 12.4. The number of aromatic nitrogens is 2. The summed E-state index contributed by atoms with van der Waals surface area (Å²) in [6.45, 7) is 8.91. The Labute approximate surface area is 149 Å². The van der Waals surface area contributed by atoms with Crippen molar-refractivity contribution in [1.29, 1.82) is 0 Å². The molecule has 2 aliphatic heterocycles. The third kappa shape index (κ3) is 4.59. The summed E-state index contributed by atoms with van der Waals surface area (Å²) >= 11 is 0. The van der Waals surface area contributed by atoms with E-state index in [0.29, 0.717) is 30.0 Å². The molecule has 0 saturated carbocycles. The summed E-state index contributed by atoms with van der Waals surface area (Å²) in [4.78, 5) is 15.0. The van der Waals surface area contributed by atoms with E-state index in [1.54, 1.807) is 13.3 Å². The minimum atomic E-state index is -0.0649. The molecule has 2 aliphatic rings. The van der Waals surface area contributed by atoms with Crippen molar-refractivity contribution in [3.63, 3.8) is 0 Å². The van der Waals surface area contributed by atoms with Crippen LogP contribution in [0.1, 0.15) is 48.2 Å². The van der Waals surface area contributed by atoms with E-state index < -0.39 is 0 Å². The third-order valence-corrected chi connectivity index (χ3v) is 5.48. The molecule has 0 bridgehead atoms. The van der Waals surface area contributed by atoms with Crippen molar-refractivity contribution in [2.75, 3.05) is 53.0 Å². The van der Waals surface area contributed by atoms with E-state index in [4.69, 9.17) is 4.74 Å². The van der Waals surface area contributed by atoms with Gasteiger partial charge in [0.1, 0.15) is 0 Å². The van der Waals surface area contributed by atoms with E-state index in [2.05, 4.69) is 32.7 Å². The van der Waals surface area contributed by atoms with E-state index >= 15 is 0 Å². The lowest BCUT2D eigenvalue weighted by molar-refractivity contribution is 0.0933. The first-order valence-electron chi connectivity index (χ1n) is 9.35. The zero-order valence-corrected chi connectivity index (χ0v) is 15.4. The summed E-state index contributed by atoms with van der Waals surface area (Å²) in [5.74, 6) is 0.280. The molecule has 7 nitrogen and oxygen atoms in total. The average molecular weight is 349 g/mol. The number of carbonyl (C=O) groups excluding carboxylic acids is 1. The lowest BCUT2D eigenvalue weighted by atomic mass is 9.86. The van der Waals surface area contributed by atoms with Crippen LogP contribution in [0, 0.1) is 5.41 Å². The van der Waals surface area contributed by atoms with Crippen LogP contribution in [0.5, 0.6) is 0 Å². The molecule has 0 radical (unpaired) electrons. The number of rotatable bonds is 7. The predicted molar refractivity (Wildman–Crippen MR) is 96.8 cm³/mol. The number of nitrogens with one attached hydrogen (secondary N) is 3. The highest BCUT2D eigenvalue weighted by Crippen LogP contribution is 2.32. The van der Waals surface area contributed by atoms with Gasteiger partial charge in [0.15, 0.2) is 0 Å². The van der Waals surface area contributed by atoms with Crippen molar-refractivity contribution in [3.05, 3.63) is 17.5 Å². The molecule has 3 heterocycles. The van der Waals surface area contributed by atoms with Crippen molar-refractivity contribution in [1.82, 2.24) is 25.7 Å². The molecule has 2 saturated heterocycles. The molecule has 2 atom stereocenters. The van der Waals surface area contributed by atoms with Crippen molar-refractivity contribution >= 4 is 5.91 Å². The Balaban J connectivity index is 1.62. The molecule has 140 valence electrons. The van der Waals surface area contributed by atoms with Crippen LogP contribution in [0.15, 0.2) is 6.20 Å². The number of H-pyrrole nitrogens is 1. The summed E-state index contributed by atoms with van der Waals surface area (Å²) < 4.78 is 4.99. The highest BCUT2D eigenvalue weighted by Gasteiger charge is 2.33. The molecule has 0 spiro atoms. The lowest BCUT2D eigenvalue weighted by Crippen LogP contribution is -2.42. The quantitative estimate of drug-likeness (QED) is 0.639. The first-order valence-corrected chi connectivity index (χ1v) is 9.35. The van der Waals surface area contributed by atoms with Crippen LogP contribution >= 0.6 is 0 Å². The number of ether oxygens (including phenoxy) is 1. The minimum Gasteiger partial charge on any atom is -0.383 e. The van der Waals surface area contributed by atoms with Crippen LogP contribution in [0.25, 0.3) is 0 Å². The van der Waals surface area contributed by atoms with Crippen LogP contribution in [-0.4, -0.2) is 74.0 Å². The fourth-order valence-corrected chi connectivity index (χ4v) is 4.13. The van der Waals surface area contributed by atoms with Gasteiger partial charge in [0.05, 0.1) is 24.1 Å². The predicted octanol–water partition coefficient (Wildman–Crippen LogP) is 0.965. The second kappa shape index (κ2) is 8.29. The van der Waals surface area contributed by atoms with Gasteiger partial charge in [-0.1, -0.05) is 6.92 Å². The molecule has 2 unspecified atom stereocenters. The maximum atomic E-state index is 12.4. The van der Waals surface area contributed by atoms with Crippen molar-refractivity contribution < 1.29 is 9.53 Å². The number of hydrogen-bond donors (Lipinski definition) is 3. The summed E-state index contributed by atoms with van der Waals surface area (Å²) in [6, 6.07) is 0. The van der Waals surface area contributed by atoms with Crippen LogP contribution in [-0.2, 0) is 4.74 Å². The van der Waals surface area contributed by atoms with Gasteiger partial charge in [-0.15, -0.1) is 0 Å². The van der Waals surface area contributed by atoms with Crippen LogP contribution < -0.4 is 10.6 Å². The molecular formula is C18H31N5O2. The van der Waals surface area contributed by atoms with E-state index in [1.807, 2.05) is 0 Å². The SMILES string of the molecule is COCCNC(=O)c1cn[nH]c1C1CCCN(CC2(C)CCNC2)C1. The Hall–Kier alpha value is -1.44. The molecule has 0 aliphatic carbocycles. The zero-order chi connectivity index (χ0) is 17.7. The number of methoxy groups -OCH3 is 1. The van der Waals surface area contributed by atoms with E-state index in [1.165, 1.54) is 6.42 Å². The highest BCUT2D eigenvalue weighted by atomic mass is 16.5. The maximum Gasteiger partial charge on any atom is 0.254 e. The highest BCUT2D eigenvalue weighted by molar-refractivity contribution is 5.95. The normalized spacial score (nSPS) is 27.5. The van der Waals surface area contributed by atoms with E-state index in [-0.39, 0.29) is 5.91 Å². The Morgan fingerprint density at radius 1 is 1.56 bits per heavy atom. The molecule has 25 heavy (non-hydrogen) atoms. The van der Waals surface area contributed by atoms with E-state index in [9.17, 15) is 4.79 Å². The Morgan fingerprint density at radius 2 is 2.44 bits per heavy atom. The fourth-order valence-electron chi connectivity index (χ4n) is 4.13. The van der Waals surface area contributed by atoms with Crippen molar-refractivity contribution in [2.45, 2.75) is 32.1 Å². The molecule has 0 aromatic carbocycles. The summed E-state index contributed by atoms with van der Waals surface area (Å²) in [5, 5.41) is 13.6. The van der Waals surface area contributed by atoms with E-state index in [0.717, 1.165) is 51.3 Å². The molecule has 1 aromatic heterocycles. The molecule has 1 amide bonds. The largest absolute Gasteiger partial charge is 0.383 e. The molecule has 3 rings (SSSR count). The summed E-state index contributed by atoms with van der Waals surface area (Å²) in [6.07, 6.45) is 5.16. The third-order valence-electron chi connectivity index (χ3n) is 5.48. The van der Waals surface area contributed by atoms with Crippen LogP contribution in [0.4, 0.5) is 0 Å². The topological polar surface area (TPSA) is 82.3 Å². The van der Waals surface area contributed by atoms with Crippen molar-refractivity contribution in [2.24, 2.45) is 5.41 Å². The van der Waals surface area contributed by atoms with Gasteiger partial charge in [-0.25, -0.2) is 0 Å². The number of likely N-dealkylation sites (tertiary alicyclic amines) is 1. The van der Waals surface area contributed by atoms with Gasteiger partial charge in [0, 0.05) is 39.2 Å². The molecular weight excluding hydrogens is 318 g/mol. The summed E-state index contributed by atoms with van der Waals surface area (Å²) in [5.41, 5.74) is 2.03. The number of aromatic amines is 1. The fraction of sp³-hybridized carbons (Fsp3) is 0.778. The second-order valence-electron chi connectivity index (χ2n) is 7.76. The Morgan fingerprint density at radius 3 is 3.20 bits per heavy atom. The van der Waals surface area contributed by atoms with Gasteiger partial charge in [-0.3, -0.25) is 9.89 Å². The first kappa shape index (κ1) is 18.4. The zero-order valence-electron chi connectivity index (χ0n) is 15.4. The number of amides is 1. The van der Waals surface area contributed by atoms with Gasteiger partial charge in [0.25, 0.3) is 5.91 Å². The minimum absolute atomic E-state index is 0.0649. The monoisotopic (exact) mass is 349 g/mol. The standard InChI is InChI=1S/C18H31N5O2/c1-18(5-6-19-12-18)13-23-8-3-4-14(11-23)16-15(10-21-22-16)17(24)20-7-9-25-2/h10,14,19H,3-9,11-13H2,1-2H3,(H,20,24)(H,21,22).